The van der Waals surface area contributed by atoms with Gasteiger partial charge in [0.15, 0.2) is 5.82 Å². The van der Waals surface area contributed by atoms with Crippen LogP contribution >= 0.6 is 0 Å². The minimum atomic E-state index is -0.531. The van der Waals surface area contributed by atoms with Crippen LogP contribution in [0.25, 0.3) is 20.7 Å². The molecule has 1 saturated heterocycles. The molecule has 37 heavy (non-hydrogen) atoms. The van der Waals surface area contributed by atoms with E-state index in [-0.39, 0.29) is 23.8 Å². The highest BCUT2D eigenvalue weighted by Crippen LogP contribution is 2.34. The highest BCUT2D eigenvalue weighted by Gasteiger charge is 2.37. The summed E-state index contributed by atoms with van der Waals surface area (Å²) in [4.78, 5) is 33.9. The normalized spacial score (nSPS) is 19.4. The molecule has 8 nitrogen and oxygen atoms in total. The molecule has 192 valence electrons. The fourth-order valence-electron chi connectivity index (χ4n) is 5.31. The number of hydrogen-bond acceptors (Lipinski definition) is 5. The third-order valence-electron chi connectivity index (χ3n) is 7.87. The third-order valence-corrected chi connectivity index (χ3v) is 7.87. The standard InChI is InChI=1S/C29H35N7O/c1-9-22-18-36(27-26-24(34(8)28(37)33-27)15-16-25(30-6)32-26)23(10-2)17-35(22)19(3)20-11-13-21(14-12-20)29(4,5)31-7/h11-16,19,22-23H,9-10,17-18H2,1-5,8H3/t19?,22-,23+/m1/s1. The first-order valence-electron chi connectivity index (χ1n) is 12.9. The van der Waals surface area contributed by atoms with E-state index in [1.807, 2.05) is 13.8 Å². The van der Waals surface area contributed by atoms with Gasteiger partial charge in [-0.3, -0.25) is 9.47 Å². The fraction of sp³-hybridized carbons (Fsp3) is 0.483. The number of hydrogen-bond donors (Lipinski definition) is 0. The van der Waals surface area contributed by atoms with Crippen molar-refractivity contribution in [3.8, 4) is 0 Å². The van der Waals surface area contributed by atoms with E-state index in [1.54, 1.807) is 19.2 Å². The number of aryl methyl sites for hydroxylation is 1. The first kappa shape index (κ1) is 26.3. The van der Waals surface area contributed by atoms with Gasteiger partial charge in [-0.2, -0.15) is 4.98 Å². The Bertz CT molecular complexity index is 1430. The average Bonchev–Trinajstić information content (AvgIpc) is 2.93. The second-order valence-corrected chi connectivity index (χ2v) is 10.4. The van der Waals surface area contributed by atoms with E-state index in [2.05, 4.69) is 74.5 Å². The molecule has 4 rings (SSSR count). The second-order valence-electron chi connectivity index (χ2n) is 10.4. The van der Waals surface area contributed by atoms with Crippen molar-refractivity contribution < 1.29 is 0 Å². The second kappa shape index (κ2) is 10.3. The molecule has 1 fully saturated rings. The Morgan fingerprint density at radius 2 is 1.70 bits per heavy atom. The van der Waals surface area contributed by atoms with Crippen molar-refractivity contribution in [1.29, 1.82) is 0 Å². The minimum Gasteiger partial charge on any atom is -0.361 e. The van der Waals surface area contributed by atoms with Crippen LogP contribution in [0.2, 0.25) is 0 Å². The summed E-state index contributed by atoms with van der Waals surface area (Å²) in [7, 11) is 1.69. The molecule has 0 aliphatic carbocycles. The number of nitrogens with zero attached hydrogens (tertiary/aromatic N) is 7. The monoisotopic (exact) mass is 497 g/mol. The van der Waals surface area contributed by atoms with Gasteiger partial charge in [0.25, 0.3) is 11.4 Å². The molecule has 0 amide bonds. The van der Waals surface area contributed by atoms with Gasteiger partial charge < -0.3 is 14.6 Å². The Labute approximate surface area is 219 Å². The number of piperazine rings is 1. The molecule has 3 aromatic rings. The molecule has 1 unspecified atom stereocenters. The average molecular weight is 498 g/mol. The molecular weight excluding hydrogens is 462 g/mol. The van der Waals surface area contributed by atoms with Gasteiger partial charge in [-0.1, -0.05) is 44.7 Å². The van der Waals surface area contributed by atoms with Gasteiger partial charge in [-0.25, -0.2) is 11.4 Å². The van der Waals surface area contributed by atoms with Crippen molar-refractivity contribution in [2.45, 2.75) is 71.1 Å². The summed E-state index contributed by atoms with van der Waals surface area (Å²) >= 11 is 0. The fourth-order valence-corrected chi connectivity index (χ4v) is 5.31. The quantitative estimate of drug-likeness (QED) is 0.423. The number of fused-ring (bicyclic) bond motifs is 1. The predicted molar refractivity (Wildman–Crippen MR) is 148 cm³/mol. The van der Waals surface area contributed by atoms with Crippen molar-refractivity contribution in [1.82, 2.24) is 19.4 Å². The summed E-state index contributed by atoms with van der Waals surface area (Å²) in [6.07, 6.45) is 1.84. The van der Waals surface area contributed by atoms with Crippen LogP contribution in [-0.2, 0) is 12.6 Å². The largest absolute Gasteiger partial charge is 0.361 e. The number of rotatable bonds is 6. The first-order valence-corrected chi connectivity index (χ1v) is 12.9. The van der Waals surface area contributed by atoms with E-state index in [1.165, 1.54) is 10.1 Å². The summed E-state index contributed by atoms with van der Waals surface area (Å²) in [6.45, 7) is 27.0. The Hall–Kier alpha value is -3.75. The van der Waals surface area contributed by atoms with Crippen LogP contribution in [0.4, 0.5) is 11.6 Å². The zero-order valence-electron chi connectivity index (χ0n) is 22.6. The Balaban J connectivity index is 1.70. The smallest absolute Gasteiger partial charge is 0.350 e. The molecule has 0 saturated carbocycles. The SMILES string of the molecule is [C-]#[N+]c1ccc2c(n1)c(N1C[C@@H](CC)N(C(C)c3ccc(C(C)(C)[N+]#[C-])cc3)C[C@@H]1CC)nc(=O)n2C. The Morgan fingerprint density at radius 3 is 2.30 bits per heavy atom. The van der Waals surface area contributed by atoms with Crippen LogP contribution in [-0.4, -0.2) is 44.6 Å². The molecule has 0 bridgehead atoms. The minimum absolute atomic E-state index is 0.145. The van der Waals surface area contributed by atoms with Crippen LogP contribution in [0.1, 0.15) is 64.6 Å². The molecule has 0 spiro atoms. The predicted octanol–water partition coefficient (Wildman–Crippen LogP) is 5.47. The lowest BCUT2D eigenvalue weighted by Gasteiger charge is -2.49. The van der Waals surface area contributed by atoms with E-state index in [4.69, 9.17) is 13.1 Å². The Morgan fingerprint density at radius 1 is 1.03 bits per heavy atom. The van der Waals surface area contributed by atoms with E-state index in [0.29, 0.717) is 22.7 Å². The van der Waals surface area contributed by atoms with Gasteiger partial charge in [0, 0.05) is 57.7 Å². The maximum atomic E-state index is 12.8. The van der Waals surface area contributed by atoms with E-state index in [9.17, 15) is 4.79 Å². The maximum Gasteiger partial charge on any atom is 0.350 e. The molecular formula is C29H35N7O. The highest BCUT2D eigenvalue weighted by atomic mass is 16.1. The van der Waals surface area contributed by atoms with Crippen LogP contribution < -0.4 is 10.6 Å². The highest BCUT2D eigenvalue weighted by molar-refractivity contribution is 5.87. The molecule has 1 aliphatic heterocycles. The van der Waals surface area contributed by atoms with Crippen molar-refractivity contribution in [2.75, 3.05) is 18.0 Å². The van der Waals surface area contributed by atoms with Gasteiger partial charge >= 0.3 is 5.69 Å². The molecule has 2 aromatic heterocycles. The zero-order valence-corrected chi connectivity index (χ0v) is 22.6. The topological polar surface area (TPSA) is 63.0 Å². The number of aromatic nitrogens is 3. The molecule has 1 aliphatic rings. The lowest BCUT2D eigenvalue weighted by Crippen LogP contribution is -2.59. The van der Waals surface area contributed by atoms with Gasteiger partial charge in [-0.05, 0) is 37.5 Å². The van der Waals surface area contributed by atoms with Crippen LogP contribution in [0.15, 0.2) is 41.2 Å². The van der Waals surface area contributed by atoms with Gasteiger partial charge in [0.2, 0.25) is 5.52 Å². The summed E-state index contributed by atoms with van der Waals surface area (Å²) in [5.74, 6) is 0.873. The van der Waals surface area contributed by atoms with Gasteiger partial charge in [-0.15, -0.1) is 4.98 Å². The summed E-state index contributed by atoms with van der Waals surface area (Å²) in [5.41, 5.74) is 2.69. The maximum absolute atomic E-state index is 12.8. The molecule has 1 aromatic carbocycles. The van der Waals surface area contributed by atoms with Crippen molar-refractivity contribution in [3.05, 3.63) is 80.8 Å². The number of pyridine rings is 1. The van der Waals surface area contributed by atoms with Gasteiger partial charge in [0.05, 0.1) is 5.52 Å². The van der Waals surface area contributed by atoms with Crippen molar-refractivity contribution >= 4 is 22.7 Å². The van der Waals surface area contributed by atoms with Crippen molar-refractivity contribution in [2.24, 2.45) is 7.05 Å². The summed E-state index contributed by atoms with van der Waals surface area (Å²) in [5, 5.41) is 0. The third kappa shape index (κ3) is 4.82. The lowest BCUT2D eigenvalue weighted by molar-refractivity contribution is 0.101. The van der Waals surface area contributed by atoms with Crippen LogP contribution in [0.5, 0.6) is 0 Å². The Kier molecular flexibility index (Phi) is 7.34. The molecule has 0 radical (unpaired) electrons. The van der Waals surface area contributed by atoms with Gasteiger partial charge in [0.1, 0.15) is 0 Å². The summed E-state index contributed by atoms with van der Waals surface area (Å²) in [6, 6.07) is 12.5. The lowest BCUT2D eigenvalue weighted by atomic mass is 9.92. The molecule has 0 N–H and O–H groups in total. The van der Waals surface area contributed by atoms with Crippen molar-refractivity contribution in [3.63, 3.8) is 0 Å². The zero-order chi connectivity index (χ0) is 26.9. The molecule has 3 atom stereocenters. The van der Waals surface area contributed by atoms with Crippen LogP contribution in [0.3, 0.4) is 0 Å². The van der Waals surface area contributed by atoms with Crippen LogP contribution in [0, 0.1) is 13.1 Å². The van der Waals surface area contributed by atoms with E-state index < -0.39 is 5.54 Å². The summed E-state index contributed by atoms with van der Waals surface area (Å²) < 4.78 is 1.50. The van der Waals surface area contributed by atoms with E-state index in [0.717, 1.165) is 31.5 Å². The first-order chi connectivity index (χ1) is 17.6. The number of anilines is 1. The van der Waals surface area contributed by atoms with E-state index >= 15 is 0 Å². The molecule has 8 heteroatoms. The molecule has 3 heterocycles. The number of benzene rings is 1.